The summed E-state index contributed by atoms with van der Waals surface area (Å²) in [5.74, 6) is 0.123. The van der Waals surface area contributed by atoms with Gasteiger partial charge in [-0.2, -0.15) is 0 Å². The average molecular weight is 310 g/mol. The number of amides is 1. The van der Waals surface area contributed by atoms with Crippen LogP contribution < -0.4 is 5.32 Å². The van der Waals surface area contributed by atoms with Crippen molar-refractivity contribution in [1.29, 1.82) is 0 Å². The summed E-state index contributed by atoms with van der Waals surface area (Å²) in [6.07, 6.45) is 3.36. The molecule has 18 heavy (non-hydrogen) atoms. The van der Waals surface area contributed by atoms with Crippen LogP contribution in [0.25, 0.3) is 0 Å². The predicted molar refractivity (Wildman–Crippen MR) is 77.1 cm³/mol. The van der Waals surface area contributed by atoms with E-state index in [-0.39, 0.29) is 30.7 Å². The topological polar surface area (TPSA) is 45.2 Å². The number of carbonyl (C=O) groups excluding carboxylic acids is 1. The molecule has 102 valence electrons. The van der Waals surface area contributed by atoms with Crippen LogP contribution >= 0.6 is 36.2 Å². The molecule has 0 radical (unpaired) electrons. The maximum absolute atomic E-state index is 12.3. The summed E-state index contributed by atoms with van der Waals surface area (Å²) in [6, 6.07) is 0.802. The summed E-state index contributed by atoms with van der Waals surface area (Å²) < 4.78 is 0. The van der Waals surface area contributed by atoms with Gasteiger partial charge in [0.15, 0.2) is 0 Å². The standard InChI is InChI=1S/C11H15N3OS.2ClH/c15-11(10-6-16-7-13-10)14-8-1-2-9(14)5-12-4-3-8;;/h6-9,12H,1-5H2;2*1H. The summed E-state index contributed by atoms with van der Waals surface area (Å²) in [5, 5.41) is 5.24. The molecule has 1 amide bonds. The van der Waals surface area contributed by atoms with Crippen LogP contribution in [0.5, 0.6) is 0 Å². The van der Waals surface area contributed by atoms with Crippen LogP contribution in [0, 0.1) is 0 Å². The SMILES string of the molecule is Cl.Cl.O=C(c1cscn1)N1C2CCNCC1CC2. The minimum Gasteiger partial charge on any atom is -0.330 e. The summed E-state index contributed by atoms with van der Waals surface area (Å²) in [4.78, 5) is 18.5. The first-order valence-corrected chi connectivity index (χ1v) is 6.72. The molecule has 2 atom stereocenters. The molecule has 7 heteroatoms. The van der Waals surface area contributed by atoms with Crippen LogP contribution in [0.1, 0.15) is 29.8 Å². The van der Waals surface area contributed by atoms with E-state index < -0.39 is 0 Å². The number of carbonyl (C=O) groups is 1. The molecule has 2 bridgehead atoms. The highest BCUT2D eigenvalue weighted by molar-refractivity contribution is 7.07. The minimum absolute atomic E-state index is 0. The average Bonchev–Trinajstić information content (AvgIpc) is 2.84. The highest BCUT2D eigenvalue weighted by Crippen LogP contribution is 2.29. The maximum Gasteiger partial charge on any atom is 0.273 e. The van der Waals surface area contributed by atoms with Crippen LogP contribution in [0.3, 0.4) is 0 Å². The third kappa shape index (κ3) is 2.79. The van der Waals surface area contributed by atoms with Crippen molar-refractivity contribution in [3.05, 3.63) is 16.6 Å². The lowest BCUT2D eigenvalue weighted by molar-refractivity contribution is 0.0675. The Bertz CT molecular complexity index is 374. The zero-order chi connectivity index (χ0) is 11.0. The van der Waals surface area contributed by atoms with Crippen molar-refractivity contribution < 1.29 is 4.79 Å². The van der Waals surface area contributed by atoms with Crippen LogP contribution in [-0.4, -0.2) is 41.0 Å². The number of nitrogens with one attached hydrogen (secondary N) is 1. The predicted octanol–water partition coefficient (Wildman–Crippen LogP) is 1.95. The zero-order valence-electron chi connectivity index (χ0n) is 9.87. The Hall–Kier alpha value is -0.360. The van der Waals surface area contributed by atoms with Gasteiger partial charge in [0.2, 0.25) is 0 Å². The van der Waals surface area contributed by atoms with Gasteiger partial charge in [-0.3, -0.25) is 4.79 Å². The Morgan fingerprint density at radius 3 is 2.83 bits per heavy atom. The minimum atomic E-state index is 0. The molecule has 3 rings (SSSR count). The van der Waals surface area contributed by atoms with E-state index in [0.717, 1.165) is 32.4 Å². The van der Waals surface area contributed by atoms with E-state index in [9.17, 15) is 4.79 Å². The van der Waals surface area contributed by atoms with Gasteiger partial charge in [0.25, 0.3) is 5.91 Å². The number of aromatic nitrogens is 1. The van der Waals surface area contributed by atoms with Gasteiger partial charge in [0.05, 0.1) is 5.51 Å². The lowest BCUT2D eigenvalue weighted by Crippen LogP contribution is -2.42. The van der Waals surface area contributed by atoms with E-state index in [4.69, 9.17) is 0 Å². The van der Waals surface area contributed by atoms with Gasteiger partial charge in [-0.25, -0.2) is 4.98 Å². The third-order valence-electron chi connectivity index (χ3n) is 3.54. The molecule has 4 nitrogen and oxygen atoms in total. The monoisotopic (exact) mass is 309 g/mol. The molecule has 1 N–H and O–H groups in total. The number of fused-ring (bicyclic) bond motifs is 2. The van der Waals surface area contributed by atoms with Crippen molar-refractivity contribution in [3.8, 4) is 0 Å². The van der Waals surface area contributed by atoms with Gasteiger partial charge < -0.3 is 10.2 Å². The maximum atomic E-state index is 12.3. The summed E-state index contributed by atoms with van der Waals surface area (Å²) in [7, 11) is 0. The molecule has 0 spiro atoms. The van der Waals surface area contributed by atoms with Crippen molar-refractivity contribution in [2.75, 3.05) is 13.1 Å². The fourth-order valence-corrected chi connectivity index (χ4v) is 3.29. The van der Waals surface area contributed by atoms with Gasteiger partial charge in [-0.1, -0.05) is 0 Å². The van der Waals surface area contributed by atoms with Crippen molar-refractivity contribution in [2.45, 2.75) is 31.3 Å². The smallest absolute Gasteiger partial charge is 0.273 e. The van der Waals surface area contributed by atoms with E-state index in [1.165, 1.54) is 11.3 Å². The third-order valence-corrected chi connectivity index (χ3v) is 4.13. The van der Waals surface area contributed by atoms with Gasteiger partial charge in [0, 0.05) is 24.0 Å². The molecule has 2 saturated heterocycles. The largest absolute Gasteiger partial charge is 0.330 e. The van der Waals surface area contributed by atoms with Gasteiger partial charge in [0.1, 0.15) is 5.69 Å². The molecular weight excluding hydrogens is 293 g/mol. The number of rotatable bonds is 1. The second-order valence-electron chi connectivity index (χ2n) is 4.46. The second-order valence-corrected chi connectivity index (χ2v) is 5.18. The van der Waals surface area contributed by atoms with E-state index >= 15 is 0 Å². The van der Waals surface area contributed by atoms with Crippen molar-refractivity contribution in [1.82, 2.24) is 15.2 Å². The fourth-order valence-electron chi connectivity index (χ4n) is 2.76. The van der Waals surface area contributed by atoms with Gasteiger partial charge in [-0.05, 0) is 25.8 Å². The lowest BCUT2D eigenvalue weighted by atomic mass is 10.1. The summed E-state index contributed by atoms with van der Waals surface area (Å²) >= 11 is 1.49. The molecule has 3 heterocycles. The molecular formula is C11H17Cl2N3OS. The van der Waals surface area contributed by atoms with Crippen LogP contribution in [0.15, 0.2) is 10.9 Å². The van der Waals surface area contributed by atoms with Crippen LogP contribution in [0.4, 0.5) is 0 Å². The zero-order valence-corrected chi connectivity index (χ0v) is 12.3. The van der Waals surface area contributed by atoms with E-state index in [0.29, 0.717) is 17.8 Å². The Labute approximate surface area is 123 Å². The Kier molecular flexibility index (Phi) is 5.85. The molecule has 0 aromatic carbocycles. The number of hydrogen-bond acceptors (Lipinski definition) is 4. The quantitative estimate of drug-likeness (QED) is 0.862. The molecule has 2 unspecified atom stereocenters. The molecule has 1 aromatic heterocycles. The van der Waals surface area contributed by atoms with E-state index in [1.807, 2.05) is 5.38 Å². The Balaban J connectivity index is 0.000000810. The molecule has 1 aromatic rings. The van der Waals surface area contributed by atoms with E-state index in [1.54, 1.807) is 5.51 Å². The lowest BCUT2D eigenvalue weighted by Gasteiger charge is -2.27. The van der Waals surface area contributed by atoms with Gasteiger partial charge >= 0.3 is 0 Å². The van der Waals surface area contributed by atoms with Crippen LogP contribution in [-0.2, 0) is 0 Å². The molecule has 0 aliphatic carbocycles. The highest BCUT2D eigenvalue weighted by Gasteiger charge is 2.38. The van der Waals surface area contributed by atoms with Crippen molar-refractivity contribution in [2.24, 2.45) is 0 Å². The first-order valence-electron chi connectivity index (χ1n) is 5.78. The number of halogens is 2. The molecule has 2 aliphatic heterocycles. The second kappa shape index (κ2) is 6.70. The van der Waals surface area contributed by atoms with Crippen LogP contribution in [0.2, 0.25) is 0 Å². The summed E-state index contributed by atoms with van der Waals surface area (Å²) in [5.41, 5.74) is 2.34. The van der Waals surface area contributed by atoms with Crippen molar-refractivity contribution in [3.63, 3.8) is 0 Å². The molecule has 0 saturated carbocycles. The fraction of sp³-hybridized carbons (Fsp3) is 0.636. The van der Waals surface area contributed by atoms with Gasteiger partial charge in [-0.15, -0.1) is 36.2 Å². The molecule has 2 fully saturated rings. The highest BCUT2D eigenvalue weighted by atomic mass is 35.5. The first-order chi connectivity index (χ1) is 7.86. The first kappa shape index (κ1) is 15.7. The summed E-state index contributed by atoms with van der Waals surface area (Å²) in [6.45, 7) is 1.97. The van der Waals surface area contributed by atoms with Crippen molar-refractivity contribution >= 4 is 42.1 Å². The normalized spacial score (nSPS) is 25.9. The Morgan fingerprint density at radius 2 is 2.11 bits per heavy atom. The molecule has 2 aliphatic rings. The number of nitrogens with zero attached hydrogens (tertiary/aromatic N) is 2. The number of hydrogen-bond donors (Lipinski definition) is 1. The van der Waals surface area contributed by atoms with E-state index in [2.05, 4.69) is 15.2 Å². The number of thiazole rings is 1. The Morgan fingerprint density at radius 1 is 1.33 bits per heavy atom.